The Kier molecular flexibility index (Phi) is 14.7. The minimum Gasteiger partial charge on any atom is -0.388 e. The third kappa shape index (κ3) is 11.5. The molecule has 0 saturated carbocycles. The van der Waals surface area contributed by atoms with Gasteiger partial charge in [-0.05, 0) is 27.8 Å². The van der Waals surface area contributed by atoms with E-state index in [0.29, 0.717) is 19.8 Å². The number of aliphatic hydroxyl groups excluding tert-OH is 1. The van der Waals surface area contributed by atoms with Gasteiger partial charge in [0.1, 0.15) is 29.4 Å². The molecule has 1 aromatic heterocycles. The van der Waals surface area contributed by atoms with Crippen LogP contribution < -0.4 is 5.32 Å². The van der Waals surface area contributed by atoms with Crippen molar-refractivity contribution in [1.82, 2.24) is 10.3 Å². The lowest BCUT2D eigenvalue weighted by atomic mass is 9.96. The van der Waals surface area contributed by atoms with Gasteiger partial charge in [-0.1, -0.05) is 152 Å². The lowest BCUT2D eigenvalue weighted by molar-refractivity contribution is -0.193. The van der Waals surface area contributed by atoms with Gasteiger partial charge < -0.3 is 29.4 Å². The van der Waals surface area contributed by atoms with Crippen molar-refractivity contribution < 1.29 is 24.1 Å². The zero-order chi connectivity index (χ0) is 35.6. The van der Waals surface area contributed by atoms with Gasteiger partial charge in [0.05, 0.1) is 39.1 Å². The molecule has 0 unspecified atom stereocenters. The summed E-state index contributed by atoms with van der Waals surface area (Å²) >= 11 is 1.55. The number of nitrogens with zero attached hydrogens (tertiary/aromatic N) is 1. The second-order valence-corrected chi connectivity index (χ2v) is 13.5. The Labute approximate surface area is 310 Å². The van der Waals surface area contributed by atoms with Crippen LogP contribution in [0.3, 0.4) is 0 Å². The highest BCUT2D eigenvalue weighted by atomic mass is 32.1. The van der Waals surface area contributed by atoms with E-state index in [-0.39, 0.29) is 19.8 Å². The fourth-order valence-electron chi connectivity index (χ4n) is 6.00. The van der Waals surface area contributed by atoms with E-state index in [1.54, 1.807) is 17.5 Å². The number of aromatic nitrogens is 1. The highest BCUT2D eigenvalue weighted by molar-refractivity contribution is 7.09. The van der Waals surface area contributed by atoms with Crippen molar-refractivity contribution in [2.24, 2.45) is 0 Å². The first kappa shape index (κ1) is 37.3. The van der Waals surface area contributed by atoms with Gasteiger partial charge in [0.15, 0.2) is 0 Å². The van der Waals surface area contributed by atoms with E-state index >= 15 is 0 Å². The van der Waals surface area contributed by atoms with E-state index in [2.05, 4.69) is 17.4 Å². The van der Waals surface area contributed by atoms with Gasteiger partial charge >= 0.3 is 0 Å². The van der Waals surface area contributed by atoms with Crippen LogP contribution in [0.1, 0.15) is 38.9 Å². The van der Waals surface area contributed by atoms with E-state index in [1.165, 1.54) is 0 Å². The molecular weight excluding hydrogens is 669 g/mol. The van der Waals surface area contributed by atoms with Gasteiger partial charge in [0, 0.05) is 18.1 Å². The normalized spacial score (nSPS) is 14.3. The average Bonchev–Trinajstić information content (AvgIpc) is 3.74. The van der Waals surface area contributed by atoms with Crippen molar-refractivity contribution in [2.45, 2.75) is 63.4 Å². The van der Waals surface area contributed by atoms with Gasteiger partial charge in [-0.2, -0.15) is 0 Å². The SMILES string of the molecule is O[C@H](COCc1ccccc1)[C@@H](OCc1ccccc1)[C@H](OCc1ccccc1)[C@H](OCc1ccccc1)[C@@H](NCc1ccccc1)c1nccs1. The van der Waals surface area contributed by atoms with Crippen molar-refractivity contribution in [2.75, 3.05) is 6.61 Å². The fourth-order valence-corrected chi connectivity index (χ4v) is 6.75. The van der Waals surface area contributed by atoms with E-state index < -0.39 is 30.5 Å². The number of nitrogens with one attached hydrogen (secondary N) is 1. The zero-order valence-corrected chi connectivity index (χ0v) is 30.0. The third-order valence-electron chi connectivity index (χ3n) is 8.70. The fraction of sp³-hybridized carbons (Fsp3) is 0.250. The minimum atomic E-state index is -1.05. The van der Waals surface area contributed by atoms with Gasteiger partial charge in [0.25, 0.3) is 0 Å². The molecule has 1 heterocycles. The van der Waals surface area contributed by atoms with Crippen LogP contribution in [0.15, 0.2) is 163 Å². The monoisotopic (exact) mass is 714 g/mol. The van der Waals surface area contributed by atoms with Crippen LogP contribution in [0.25, 0.3) is 0 Å². The molecule has 5 atom stereocenters. The zero-order valence-electron chi connectivity index (χ0n) is 29.2. The summed E-state index contributed by atoms with van der Waals surface area (Å²) in [5, 5.41) is 18.6. The summed E-state index contributed by atoms with van der Waals surface area (Å²) in [5.74, 6) is 0. The summed E-state index contributed by atoms with van der Waals surface area (Å²) in [4.78, 5) is 4.78. The van der Waals surface area contributed by atoms with Gasteiger partial charge in [0.2, 0.25) is 0 Å². The highest BCUT2D eigenvalue weighted by Crippen LogP contribution is 2.31. The van der Waals surface area contributed by atoms with E-state index in [0.717, 1.165) is 32.8 Å². The Morgan fingerprint density at radius 2 is 0.942 bits per heavy atom. The van der Waals surface area contributed by atoms with Crippen LogP contribution in [0, 0.1) is 0 Å². The molecule has 2 N–H and O–H groups in total. The maximum Gasteiger partial charge on any atom is 0.115 e. The molecule has 0 spiro atoms. The Bertz CT molecular complexity index is 1800. The van der Waals surface area contributed by atoms with Crippen LogP contribution in [0.5, 0.6) is 0 Å². The number of benzene rings is 5. The smallest absolute Gasteiger partial charge is 0.115 e. The first-order valence-corrected chi connectivity index (χ1v) is 18.5. The van der Waals surface area contributed by atoms with Crippen molar-refractivity contribution >= 4 is 11.3 Å². The minimum absolute atomic E-state index is 0.0321. The Morgan fingerprint density at radius 3 is 1.40 bits per heavy atom. The number of hydrogen-bond acceptors (Lipinski definition) is 8. The number of thiazole rings is 1. The Hall–Kier alpha value is -4.51. The topological polar surface area (TPSA) is 82.1 Å². The molecule has 7 nitrogen and oxygen atoms in total. The summed E-state index contributed by atoms with van der Waals surface area (Å²) in [6, 6.07) is 49.9. The van der Waals surface area contributed by atoms with Crippen LogP contribution in [-0.4, -0.2) is 41.1 Å². The van der Waals surface area contributed by atoms with Crippen LogP contribution in [0.4, 0.5) is 0 Å². The molecule has 0 radical (unpaired) electrons. The number of aliphatic hydroxyl groups is 1. The second-order valence-electron chi connectivity index (χ2n) is 12.6. The molecule has 0 bridgehead atoms. The molecule has 0 aliphatic carbocycles. The lowest BCUT2D eigenvalue weighted by Gasteiger charge is -2.39. The highest BCUT2D eigenvalue weighted by Gasteiger charge is 2.42. The largest absolute Gasteiger partial charge is 0.388 e. The maximum absolute atomic E-state index is 12.1. The van der Waals surface area contributed by atoms with Crippen LogP contribution in [0.2, 0.25) is 0 Å². The summed E-state index contributed by atoms with van der Waals surface area (Å²) in [5.41, 5.74) is 5.13. The summed E-state index contributed by atoms with van der Waals surface area (Å²) in [6.45, 7) is 1.81. The molecule has 0 amide bonds. The first-order chi connectivity index (χ1) is 25.7. The molecule has 5 aromatic carbocycles. The molecule has 268 valence electrons. The lowest BCUT2D eigenvalue weighted by Crippen LogP contribution is -2.53. The first-order valence-electron chi connectivity index (χ1n) is 17.7. The molecular formula is C44H46N2O5S. The van der Waals surface area contributed by atoms with E-state index in [4.69, 9.17) is 23.9 Å². The Morgan fingerprint density at radius 1 is 0.519 bits per heavy atom. The maximum atomic E-state index is 12.1. The summed E-state index contributed by atoms with van der Waals surface area (Å²) < 4.78 is 26.7. The van der Waals surface area contributed by atoms with Gasteiger partial charge in [-0.25, -0.2) is 4.98 Å². The molecule has 6 rings (SSSR count). The average molecular weight is 715 g/mol. The molecule has 0 aliphatic heterocycles. The summed E-state index contributed by atoms with van der Waals surface area (Å²) in [6.07, 6.45) is -1.51. The number of ether oxygens (including phenoxy) is 4. The van der Waals surface area contributed by atoms with Crippen molar-refractivity contribution in [3.8, 4) is 0 Å². The molecule has 0 fully saturated rings. The quantitative estimate of drug-likeness (QED) is 0.0777. The van der Waals surface area contributed by atoms with Gasteiger partial charge in [-0.3, -0.25) is 0 Å². The van der Waals surface area contributed by atoms with Crippen LogP contribution >= 0.6 is 11.3 Å². The van der Waals surface area contributed by atoms with Crippen molar-refractivity contribution in [3.05, 3.63) is 196 Å². The Balaban J connectivity index is 1.37. The number of hydrogen-bond donors (Lipinski definition) is 2. The number of rotatable bonds is 21. The standard InChI is InChI=1S/C44H46N2O5S/c47-39(33-48-29-35-18-8-2-9-19-35)41(49-30-36-20-10-3-11-21-36)43(51-32-38-24-14-5-15-25-38)42(50-31-37-22-12-4-13-23-37)40(44-45-26-27-52-44)46-28-34-16-6-1-7-17-34/h1-27,39-43,46-47H,28-33H2/t39-,40-,41-,42-,43+/m1/s1. The predicted octanol–water partition coefficient (Wildman–Crippen LogP) is 8.31. The molecule has 8 heteroatoms. The van der Waals surface area contributed by atoms with Crippen molar-refractivity contribution in [3.63, 3.8) is 0 Å². The molecule has 6 aromatic rings. The summed E-state index contributed by atoms with van der Waals surface area (Å²) in [7, 11) is 0. The molecule has 0 saturated heterocycles. The predicted molar refractivity (Wildman–Crippen MR) is 205 cm³/mol. The van der Waals surface area contributed by atoms with Crippen LogP contribution in [-0.2, 0) is 51.9 Å². The van der Waals surface area contributed by atoms with E-state index in [9.17, 15) is 5.11 Å². The molecule has 52 heavy (non-hydrogen) atoms. The van der Waals surface area contributed by atoms with E-state index in [1.807, 2.05) is 145 Å². The van der Waals surface area contributed by atoms with Gasteiger partial charge in [-0.15, -0.1) is 11.3 Å². The van der Waals surface area contributed by atoms with Crippen molar-refractivity contribution in [1.29, 1.82) is 0 Å². The third-order valence-corrected chi connectivity index (χ3v) is 9.56. The molecule has 0 aliphatic rings. The second kappa shape index (κ2) is 20.5.